The minimum atomic E-state index is -0.741. The molecule has 2 heterocycles. The molecule has 0 bridgehead atoms. The fourth-order valence-corrected chi connectivity index (χ4v) is 4.26. The quantitative estimate of drug-likeness (QED) is 0.615. The lowest BCUT2D eigenvalue weighted by atomic mass is 9.94. The Morgan fingerprint density at radius 2 is 2.00 bits per heavy atom. The average Bonchev–Trinajstić information content (AvgIpc) is 3.35. The van der Waals surface area contributed by atoms with Crippen LogP contribution in [0.4, 0.5) is 0 Å². The summed E-state index contributed by atoms with van der Waals surface area (Å²) in [6.45, 7) is 1.16. The molecule has 1 aliphatic rings. The topological polar surface area (TPSA) is 79.3 Å². The summed E-state index contributed by atoms with van der Waals surface area (Å²) >= 11 is 1.27. The number of aliphatic hydroxyl groups is 1. The van der Waals surface area contributed by atoms with Crippen LogP contribution in [-0.4, -0.2) is 68.0 Å². The van der Waals surface area contributed by atoms with Crippen molar-refractivity contribution in [2.24, 2.45) is 0 Å². The van der Waals surface area contributed by atoms with E-state index >= 15 is 0 Å². The van der Waals surface area contributed by atoms with Gasteiger partial charge in [-0.25, -0.2) is 0 Å². The number of aliphatic hydroxyl groups excluding tert-OH is 1. The Hall–Kier alpha value is -2.84. The van der Waals surface area contributed by atoms with Gasteiger partial charge < -0.3 is 24.4 Å². The summed E-state index contributed by atoms with van der Waals surface area (Å²) in [6.07, 6.45) is 0.696. The number of amides is 1. The van der Waals surface area contributed by atoms with Crippen molar-refractivity contribution >= 4 is 23.0 Å². The lowest BCUT2D eigenvalue weighted by molar-refractivity contribution is -0.129. The summed E-state index contributed by atoms with van der Waals surface area (Å²) in [6, 6.07) is 7.95. The molecule has 160 valence electrons. The number of ether oxygens (including phenoxy) is 2. The van der Waals surface area contributed by atoms with E-state index in [4.69, 9.17) is 9.47 Å². The Morgan fingerprint density at radius 3 is 2.60 bits per heavy atom. The van der Waals surface area contributed by atoms with E-state index in [1.165, 1.54) is 18.4 Å². The smallest absolute Gasteiger partial charge is 0.290 e. The van der Waals surface area contributed by atoms with Gasteiger partial charge in [0.25, 0.3) is 5.91 Å². The first-order valence-electron chi connectivity index (χ1n) is 9.58. The highest BCUT2D eigenvalue weighted by Gasteiger charge is 2.44. The summed E-state index contributed by atoms with van der Waals surface area (Å²) < 4.78 is 10.8. The van der Waals surface area contributed by atoms with Gasteiger partial charge in [0.05, 0.1) is 30.7 Å². The molecule has 0 fully saturated rings. The molecule has 30 heavy (non-hydrogen) atoms. The van der Waals surface area contributed by atoms with Crippen molar-refractivity contribution in [2.45, 2.75) is 12.5 Å². The van der Waals surface area contributed by atoms with Gasteiger partial charge in [-0.05, 0) is 50.6 Å². The van der Waals surface area contributed by atoms with Gasteiger partial charge in [-0.2, -0.15) is 0 Å². The van der Waals surface area contributed by atoms with Crippen molar-refractivity contribution in [2.75, 3.05) is 41.4 Å². The third-order valence-electron chi connectivity index (χ3n) is 5.03. The SMILES string of the molecule is COc1ccc([C@@H]2C(C(=O)c3cccs3)=C(O)C(=O)N2CCCN(C)C)c(OC)c1. The average molecular weight is 431 g/mol. The Morgan fingerprint density at radius 1 is 1.23 bits per heavy atom. The van der Waals surface area contributed by atoms with Crippen LogP contribution in [0, 0.1) is 0 Å². The molecule has 0 saturated carbocycles. The minimum absolute atomic E-state index is 0.0794. The van der Waals surface area contributed by atoms with E-state index < -0.39 is 17.7 Å². The molecule has 8 heteroatoms. The lowest BCUT2D eigenvalue weighted by Gasteiger charge is -2.28. The number of ketones is 1. The number of thiophene rings is 1. The molecular weight excluding hydrogens is 404 g/mol. The van der Waals surface area contributed by atoms with Gasteiger partial charge in [0.15, 0.2) is 5.76 Å². The Kier molecular flexibility index (Phi) is 6.79. The van der Waals surface area contributed by atoms with E-state index in [2.05, 4.69) is 0 Å². The predicted molar refractivity (Wildman–Crippen MR) is 115 cm³/mol. The molecule has 1 aromatic heterocycles. The highest BCUT2D eigenvalue weighted by Crippen LogP contribution is 2.43. The van der Waals surface area contributed by atoms with Crippen LogP contribution >= 0.6 is 11.3 Å². The van der Waals surface area contributed by atoms with E-state index in [9.17, 15) is 14.7 Å². The van der Waals surface area contributed by atoms with Crippen LogP contribution in [0.1, 0.15) is 27.7 Å². The molecule has 0 spiro atoms. The molecule has 1 aliphatic heterocycles. The van der Waals surface area contributed by atoms with E-state index in [0.29, 0.717) is 34.9 Å². The van der Waals surface area contributed by atoms with Crippen molar-refractivity contribution in [1.82, 2.24) is 9.80 Å². The number of hydrogen-bond donors (Lipinski definition) is 1. The van der Waals surface area contributed by atoms with Gasteiger partial charge in [-0.3, -0.25) is 9.59 Å². The predicted octanol–water partition coefficient (Wildman–Crippen LogP) is 3.30. The number of carbonyl (C=O) groups excluding carboxylic acids is 2. The maximum absolute atomic E-state index is 13.2. The van der Waals surface area contributed by atoms with Gasteiger partial charge >= 0.3 is 0 Å². The summed E-state index contributed by atoms with van der Waals surface area (Å²) in [5.41, 5.74) is 0.705. The number of hydrogen-bond acceptors (Lipinski definition) is 7. The number of rotatable bonds is 9. The fourth-order valence-electron chi connectivity index (χ4n) is 3.58. The van der Waals surface area contributed by atoms with Crippen molar-refractivity contribution in [3.8, 4) is 11.5 Å². The van der Waals surface area contributed by atoms with Gasteiger partial charge in [0.2, 0.25) is 5.78 Å². The van der Waals surface area contributed by atoms with Gasteiger partial charge in [0, 0.05) is 18.2 Å². The molecule has 7 nitrogen and oxygen atoms in total. The molecular formula is C22H26N2O5S. The van der Waals surface area contributed by atoms with Crippen LogP contribution in [0.15, 0.2) is 47.0 Å². The molecule has 0 aliphatic carbocycles. The first kappa shape index (κ1) is 21.9. The third kappa shape index (κ3) is 4.20. The normalized spacial score (nSPS) is 16.5. The molecule has 0 radical (unpaired) electrons. The summed E-state index contributed by atoms with van der Waals surface area (Å²) in [5, 5.41) is 12.5. The number of benzene rings is 1. The van der Waals surface area contributed by atoms with E-state index in [-0.39, 0.29) is 11.4 Å². The van der Waals surface area contributed by atoms with Crippen LogP contribution in [-0.2, 0) is 4.79 Å². The number of carbonyl (C=O) groups is 2. The Bertz CT molecular complexity index is 952. The molecule has 3 rings (SSSR count). The summed E-state index contributed by atoms with van der Waals surface area (Å²) in [7, 11) is 6.99. The molecule has 0 unspecified atom stereocenters. The molecule has 1 N–H and O–H groups in total. The molecule has 1 aromatic carbocycles. The number of nitrogens with zero attached hydrogens (tertiary/aromatic N) is 2. The molecule has 1 atom stereocenters. The first-order chi connectivity index (χ1) is 14.4. The van der Waals surface area contributed by atoms with Gasteiger partial charge in [-0.15, -0.1) is 11.3 Å². The van der Waals surface area contributed by atoms with E-state index in [1.807, 2.05) is 19.0 Å². The highest BCUT2D eigenvalue weighted by atomic mass is 32.1. The largest absolute Gasteiger partial charge is 0.503 e. The zero-order valence-electron chi connectivity index (χ0n) is 17.5. The van der Waals surface area contributed by atoms with Crippen LogP contribution in [0.2, 0.25) is 0 Å². The first-order valence-corrected chi connectivity index (χ1v) is 10.5. The number of Topliss-reactive ketones (excluding diaryl/α,β-unsaturated/α-hetero) is 1. The van der Waals surface area contributed by atoms with Crippen molar-refractivity contribution in [3.63, 3.8) is 0 Å². The Labute approximate surface area is 180 Å². The van der Waals surface area contributed by atoms with Gasteiger partial charge in [-0.1, -0.05) is 6.07 Å². The summed E-state index contributed by atoms with van der Waals surface area (Å²) in [5.74, 6) is -0.319. The zero-order chi connectivity index (χ0) is 21.8. The van der Waals surface area contributed by atoms with Crippen molar-refractivity contribution in [3.05, 3.63) is 57.5 Å². The highest BCUT2D eigenvalue weighted by molar-refractivity contribution is 7.12. The van der Waals surface area contributed by atoms with Gasteiger partial charge in [0.1, 0.15) is 11.5 Å². The lowest BCUT2D eigenvalue weighted by Crippen LogP contribution is -2.33. The van der Waals surface area contributed by atoms with E-state index in [0.717, 1.165) is 6.54 Å². The maximum atomic E-state index is 13.2. The fraction of sp³-hybridized carbons (Fsp3) is 0.364. The van der Waals surface area contributed by atoms with Crippen LogP contribution < -0.4 is 9.47 Å². The monoisotopic (exact) mass is 430 g/mol. The second-order valence-electron chi connectivity index (χ2n) is 7.23. The third-order valence-corrected chi connectivity index (χ3v) is 5.90. The van der Waals surface area contributed by atoms with Crippen LogP contribution in [0.5, 0.6) is 11.5 Å². The number of methoxy groups -OCH3 is 2. The van der Waals surface area contributed by atoms with Crippen molar-refractivity contribution < 1.29 is 24.2 Å². The van der Waals surface area contributed by atoms with Crippen LogP contribution in [0.25, 0.3) is 0 Å². The second kappa shape index (κ2) is 9.32. The maximum Gasteiger partial charge on any atom is 0.290 e. The Balaban J connectivity index is 2.08. The second-order valence-corrected chi connectivity index (χ2v) is 8.18. The van der Waals surface area contributed by atoms with E-state index in [1.54, 1.807) is 47.7 Å². The minimum Gasteiger partial charge on any atom is -0.503 e. The summed E-state index contributed by atoms with van der Waals surface area (Å²) in [4.78, 5) is 30.2. The standard InChI is InChI=1S/C22H26N2O5S/c1-23(2)10-6-11-24-19(15-9-8-14(28-3)13-16(15)29-4)18(21(26)22(24)27)20(25)17-7-5-12-30-17/h5,7-9,12-13,19,26H,6,10-11H2,1-4H3/t19-/m1/s1. The molecule has 1 amide bonds. The van der Waals surface area contributed by atoms with Crippen LogP contribution in [0.3, 0.4) is 0 Å². The van der Waals surface area contributed by atoms with Crippen molar-refractivity contribution in [1.29, 1.82) is 0 Å². The zero-order valence-corrected chi connectivity index (χ0v) is 18.4. The molecule has 2 aromatic rings. The molecule has 0 saturated heterocycles.